The molecule has 1 aromatic rings. The number of carboxylic acids is 2. The molecule has 6 atom stereocenters. The molecule has 0 radical (unpaired) electrons. The highest BCUT2D eigenvalue weighted by atomic mass is 32.2. The first-order valence-electron chi connectivity index (χ1n) is 17.7. The number of benzene rings is 1. The maximum Gasteiger partial charge on any atom is 0.326 e. The lowest BCUT2D eigenvalue weighted by Gasteiger charge is -2.27. The number of phenolic OH excluding ortho intramolecular Hbond substituents is 1. The molecule has 6 amide bonds. The number of carbonyl (C=O) groups is 8. The third-order valence-corrected chi connectivity index (χ3v) is 9.39. The summed E-state index contributed by atoms with van der Waals surface area (Å²) in [4.78, 5) is 107. The van der Waals surface area contributed by atoms with Gasteiger partial charge in [-0.25, -0.2) is 4.79 Å². The van der Waals surface area contributed by atoms with Crippen molar-refractivity contribution in [2.45, 2.75) is 87.6 Å². The van der Waals surface area contributed by atoms with E-state index in [1.807, 2.05) is 6.26 Å². The highest BCUT2D eigenvalue weighted by Crippen LogP contribution is 2.13. The van der Waals surface area contributed by atoms with Crippen molar-refractivity contribution in [1.29, 1.82) is 0 Å². The Morgan fingerprint density at radius 1 is 0.667 bits per heavy atom. The third kappa shape index (κ3) is 20.4. The third-order valence-electron chi connectivity index (χ3n) is 8.11. The number of aliphatic imine (C=N–C) groups is 1. The van der Waals surface area contributed by atoms with Gasteiger partial charge in [-0.05, 0) is 73.8 Å². The number of amides is 6. The minimum atomic E-state index is -1.83. The normalized spacial score (nSPS) is 13.9. The van der Waals surface area contributed by atoms with Gasteiger partial charge in [0.25, 0.3) is 0 Å². The van der Waals surface area contributed by atoms with E-state index in [0.29, 0.717) is 17.1 Å². The number of guanidine groups is 1. The molecule has 21 nitrogen and oxygen atoms in total. The van der Waals surface area contributed by atoms with Crippen molar-refractivity contribution in [1.82, 2.24) is 26.6 Å². The molecular formula is C34H54N10O11S2. The summed E-state index contributed by atoms with van der Waals surface area (Å²) in [5, 5.41) is 41.0. The fourth-order valence-corrected chi connectivity index (χ4v) is 5.99. The number of thioether (sulfide) groups is 2. The van der Waals surface area contributed by atoms with Gasteiger partial charge in [0.05, 0.1) is 12.5 Å². The number of primary amides is 1. The van der Waals surface area contributed by atoms with E-state index < -0.39 is 103 Å². The van der Waals surface area contributed by atoms with Crippen LogP contribution in [0.15, 0.2) is 29.3 Å². The Kier molecular flexibility index (Phi) is 23.2. The highest BCUT2D eigenvalue weighted by molar-refractivity contribution is 7.98. The Bertz CT molecular complexity index is 1560. The van der Waals surface area contributed by atoms with Crippen LogP contribution in [0.1, 0.15) is 50.5 Å². The number of carboxylic acid groups (broad SMARTS) is 2. The Balaban J connectivity index is 3.41. The van der Waals surface area contributed by atoms with Crippen LogP contribution in [0.25, 0.3) is 0 Å². The van der Waals surface area contributed by atoms with Gasteiger partial charge in [-0.2, -0.15) is 23.5 Å². The number of nitrogens with two attached hydrogens (primary N) is 4. The molecule has 6 unspecified atom stereocenters. The topological polar surface area (TPSA) is 374 Å². The lowest BCUT2D eigenvalue weighted by atomic mass is 10.0. The molecule has 0 fully saturated rings. The molecule has 23 heteroatoms. The van der Waals surface area contributed by atoms with E-state index >= 15 is 0 Å². The summed E-state index contributed by atoms with van der Waals surface area (Å²) in [6, 6.07) is -2.96. The molecular weight excluding hydrogens is 789 g/mol. The lowest BCUT2D eigenvalue weighted by molar-refractivity contribution is -0.142. The van der Waals surface area contributed by atoms with E-state index in [1.54, 1.807) is 6.26 Å². The molecule has 0 saturated heterocycles. The van der Waals surface area contributed by atoms with Crippen molar-refractivity contribution in [3.63, 3.8) is 0 Å². The smallest absolute Gasteiger partial charge is 0.326 e. The lowest BCUT2D eigenvalue weighted by Crippen LogP contribution is -2.60. The first kappa shape index (κ1) is 49.7. The standard InChI is InChI=1S/C34H54N10O11S2/c1-56-14-11-20(35)28(49)40-21(4-3-13-39-34(37)38)29(50)44-25(17-27(47)48)32(53)41-22(9-10-26(36)46)30(51)43-24(16-18-5-7-19(45)8-6-18)31(52)42-23(33(54)55)12-15-57-2/h5-8,20-25,45H,3-4,9-17,35H2,1-2H3,(H2,36,46)(H,40,49)(H,41,53)(H,42,52)(H,43,51)(H,44,50)(H,47,48)(H,54,55)(H4,37,38,39). The van der Waals surface area contributed by atoms with Crippen molar-refractivity contribution in [2.75, 3.05) is 30.6 Å². The van der Waals surface area contributed by atoms with Gasteiger partial charge in [-0.15, -0.1) is 0 Å². The van der Waals surface area contributed by atoms with Crippen LogP contribution in [-0.4, -0.2) is 135 Å². The maximum atomic E-state index is 13.8. The molecule has 0 aliphatic heterocycles. The minimum absolute atomic E-state index is 0.0564. The van der Waals surface area contributed by atoms with Crippen LogP contribution < -0.4 is 49.5 Å². The van der Waals surface area contributed by atoms with Crippen molar-refractivity contribution >= 4 is 76.9 Å². The van der Waals surface area contributed by atoms with Gasteiger partial charge in [-0.1, -0.05) is 12.1 Å². The number of rotatable bonds is 28. The average Bonchev–Trinajstić information content (AvgIpc) is 3.14. The zero-order valence-electron chi connectivity index (χ0n) is 31.7. The Labute approximate surface area is 338 Å². The number of carbonyl (C=O) groups excluding carboxylic acids is 6. The van der Waals surface area contributed by atoms with Gasteiger partial charge in [0, 0.05) is 19.4 Å². The molecule has 0 bridgehead atoms. The van der Waals surface area contributed by atoms with Crippen LogP contribution >= 0.6 is 23.5 Å². The van der Waals surface area contributed by atoms with Crippen LogP contribution in [0.3, 0.4) is 0 Å². The molecule has 0 saturated carbocycles. The molecule has 0 aromatic heterocycles. The molecule has 0 aliphatic carbocycles. The van der Waals surface area contributed by atoms with Crippen molar-refractivity contribution < 1.29 is 53.7 Å². The second-order valence-corrected chi connectivity index (χ2v) is 14.7. The van der Waals surface area contributed by atoms with Crippen molar-refractivity contribution in [3.8, 4) is 5.75 Å². The van der Waals surface area contributed by atoms with Gasteiger partial charge < -0.3 is 64.8 Å². The first-order chi connectivity index (χ1) is 26.9. The molecule has 16 N–H and O–H groups in total. The second kappa shape index (κ2) is 26.5. The number of aliphatic carboxylic acids is 2. The second-order valence-electron chi connectivity index (χ2n) is 12.7. The Morgan fingerprint density at radius 3 is 1.70 bits per heavy atom. The van der Waals surface area contributed by atoms with E-state index in [0.717, 1.165) is 0 Å². The van der Waals surface area contributed by atoms with Crippen LogP contribution in [0.2, 0.25) is 0 Å². The number of nitrogens with one attached hydrogen (secondary N) is 5. The average molecular weight is 843 g/mol. The van der Waals surface area contributed by atoms with Crippen LogP contribution in [0.5, 0.6) is 5.75 Å². The molecule has 1 rings (SSSR count). The largest absolute Gasteiger partial charge is 0.508 e. The molecule has 57 heavy (non-hydrogen) atoms. The number of nitrogens with zero attached hydrogens (tertiary/aromatic N) is 1. The quantitative estimate of drug-likeness (QED) is 0.0228. The molecule has 0 heterocycles. The van der Waals surface area contributed by atoms with E-state index in [4.69, 9.17) is 22.9 Å². The highest BCUT2D eigenvalue weighted by Gasteiger charge is 2.34. The van der Waals surface area contributed by atoms with Crippen molar-refractivity contribution in [2.24, 2.45) is 27.9 Å². The number of phenols is 1. The monoisotopic (exact) mass is 842 g/mol. The number of hydrogen-bond acceptors (Lipinski definition) is 13. The zero-order valence-corrected chi connectivity index (χ0v) is 33.4. The summed E-state index contributed by atoms with van der Waals surface area (Å²) >= 11 is 2.80. The maximum absolute atomic E-state index is 13.8. The van der Waals surface area contributed by atoms with E-state index in [-0.39, 0.29) is 50.4 Å². The van der Waals surface area contributed by atoms with Crippen LogP contribution in [-0.2, 0) is 44.8 Å². The van der Waals surface area contributed by atoms with Gasteiger partial charge in [0.2, 0.25) is 35.4 Å². The number of aromatic hydroxyl groups is 1. The van der Waals surface area contributed by atoms with E-state index in [1.165, 1.54) is 47.8 Å². The van der Waals surface area contributed by atoms with Gasteiger partial charge in [0.15, 0.2) is 5.96 Å². The Morgan fingerprint density at radius 2 is 1.16 bits per heavy atom. The molecule has 318 valence electrons. The summed E-state index contributed by atoms with van der Waals surface area (Å²) in [7, 11) is 0. The Hall–Kier alpha value is -5.29. The SMILES string of the molecule is CSCCC(N)C(=O)NC(CCCN=C(N)N)C(=O)NC(CC(=O)O)C(=O)NC(CCC(N)=O)C(=O)NC(Cc1ccc(O)cc1)C(=O)NC(CCSC)C(=O)O. The fraction of sp³-hybridized carbons (Fsp3) is 0.559. The van der Waals surface area contributed by atoms with Crippen LogP contribution in [0, 0.1) is 0 Å². The molecule has 1 aromatic carbocycles. The van der Waals surface area contributed by atoms with Gasteiger partial charge >= 0.3 is 11.9 Å². The first-order valence-corrected chi connectivity index (χ1v) is 20.5. The zero-order chi connectivity index (χ0) is 43.1. The summed E-state index contributed by atoms with van der Waals surface area (Å²) in [5.41, 5.74) is 22.4. The summed E-state index contributed by atoms with van der Waals surface area (Å²) in [6.07, 6.45) is 1.94. The molecule has 0 aliphatic rings. The van der Waals surface area contributed by atoms with Gasteiger partial charge in [0.1, 0.15) is 36.0 Å². The fourth-order valence-electron chi connectivity index (χ4n) is 5.03. The minimum Gasteiger partial charge on any atom is -0.508 e. The summed E-state index contributed by atoms with van der Waals surface area (Å²) < 4.78 is 0. The van der Waals surface area contributed by atoms with E-state index in [9.17, 15) is 53.7 Å². The predicted molar refractivity (Wildman–Crippen MR) is 214 cm³/mol. The summed E-state index contributed by atoms with van der Waals surface area (Å²) in [5.74, 6) is -7.85. The summed E-state index contributed by atoms with van der Waals surface area (Å²) in [6.45, 7) is 0.0662. The number of hydrogen-bond donors (Lipinski definition) is 12. The van der Waals surface area contributed by atoms with Crippen molar-refractivity contribution in [3.05, 3.63) is 29.8 Å². The predicted octanol–water partition coefficient (Wildman–Crippen LogP) is -2.93. The van der Waals surface area contributed by atoms with Gasteiger partial charge in [-0.3, -0.25) is 38.6 Å². The molecule has 0 spiro atoms. The van der Waals surface area contributed by atoms with E-state index in [2.05, 4.69) is 31.6 Å². The van der Waals surface area contributed by atoms with Crippen LogP contribution in [0.4, 0.5) is 0 Å².